The van der Waals surface area contributed by atoms with Gasteiger partial charge in [0.25, 0.3) is 0 Å². The molecule has 1 aromatic rings. The van der Waals surface area contributed by atoms with Crippen molar-refractivity contribution in [1.82, 2.24) is 0 Å². The first kappa shape index (κ1) is 13.0. The van der Waals surface area contributed by atoms with Gasteiger partial charge in [-0.25, -0.2) is 4.39 Å². The van der Waals surface area contributed by atoms with E-state index in [2.05, 4.69) is 26.1 Å². The second-order valence-electron chi connectivity index (χ2n) is 7.46. The largest absolute Gasteiger partial charge is 0.381 e. The van der Waals surface area contributed by atoms with Crippen LogP contribution in [0.5, 0.6) is 0 Å². The summed E-state index contributed by atoms with van der Waals surface area (Å²) in [6.07, 6.45) is 4.01. The van der Waals surface area contributed by atoms with Gasteiger partial charge >= 0.3 is 0 Å². The fourth-order valence-electron chi connectivity index (χ4n) is 4.56. The van der Waals surface area contributed by atoms with E-state index in [0.29, 0.717) is 16.9 Å². The van der Waals surface area contributed by atoms with Crippen LogP contribution in [0.2, 0.25) is 0 Å². The second kappa shape index (κ2) is 3.97. The summed E-state index contributed by atoms with van der Waals surface area (Å²) in [4.78, 5) is 0. The number of rotatable bonds is 2. The molecular formula is C17H24FN. The van der Waals surface area contributed by atoms with Crippen molar-refractivity contribution in [3.63, 3.8) is 0 Å². The Bertz CT molecular complexity index is 503. The van der Waals surface area contributed by atoms with Crippen LogP contribution in [0.3, 0.4) is 0 Å². The van der Waals surface area contributed by atoms with Crippen LogP contribution in [0.15, 0.2) is 18.2 Å². The average molecular weight is 261 g/mol. The second-order valence-corrected chi connectivity index (χ2v) is 7.46. The van der Waals surface area contributed by atoms with Gasteiger partial charge in [-0.15, -0.1) is 0 Å². The summed E-state index contributed by atoms with van der Waals surface area (Å²) in [5.41, 5.74) is 2.51. The van der Waals surface area contributed by atoms with Crippen LogP contribution in [0, 0.1) is 29.5 Å². The molecule has 0 heterocycles. The molecule has 1 N–H and O–H groups in total. The normalized spacial score (nSPS) is 35.6. The quantitative estimate of drug-likeness (QED) is 0.809. The van der Waals surface area contributed by atoms with Crippen LogP contribution in [0.4, 0.5) is 10.1 Å². The lowest BCUT2D eigenvalue weighted by atomic mass is 9.68. The minimum atomic E-state index is -0.121. The van der Waals surface area contributed by atoms with Crippen molar-refractivity contribution in [1.29, 1.82) is 0 Å². The maximum absolute atomic E-state index is 13.4. The third-order valence-electron chi connectivity index (χ3n) is 5.74. The predicted octanol–water partition coefficient (Wildman–Crippen LogP) is 4.76. The Kier molecular flexibility index (Phi) is 2.71. The highest BCUT2D eigenvalue weighted by Gasteiger charge is 2.59. The first-order chi connectivity index (χ1) is 8.83. The minimum Gasteiger partial charge on any atom is -0.381 e. The first-order valence-electron chi connectivity index (χ1n) is 7.36. The van der Waals surface area contributed by atoms with Gasteiger partial charge in [-0.1, -0.05) is 20.8 Å². The van der Waals surface area contributed by atoms with Gasteiger partial charge in [0.1, 0.15) is 5.82 Å². The molecule has 2 aliphatic rings. The summed E-state index contributed by atoms with van der Waals surface area (Å²) in [6.45, 7) is 9.01. The van der Waals surface area contributed by atoms with Crippen molar-refractivity contribution in [2.75, 3.05) is 5.32 Å². The molecule has 2 heteroatoms. The van der Waals surface area contributed by atoms with Crippen molar-refractivity contribution in [3.8, 4) is 0 Å². The van der Waals surface area contributed by atoms with E-state index in [1.54, 1.807) is 6.07 Å². The fraction of sp³-hybridized carbons (Fsp3) is 0.647. The standard InChI is InChI=1S/C17H24FN/c1-11-9-13(5-6-14(11)18)19-15-16(2,3)12-7-8-17(15,4)10-12/h5-6,9,12,15,19H,7-8,10H2,1-4H3. The number of halogens is 1. The molecule has 104 valence electrons. The van der Waals surface area contributed by atoms with Crippen LogP contribution in [-0.4, -0.2) is 6.04 Å². The Balaban J connectivity index is 1.88. The third-order valence-corrected chi connectivity index (χ3v) is 5.74. The molecule has 3 unspecified atom stereocenters. The lowest BCUT2D eigenvalue weighted by Crippen LogP contribution is -2.45. The molecule has 0 amide bonds. The summed E-state index contributed by atoms with van der Waals surface area (Å²) in [7, 11) is 0. The Labute approximate surface area is 115 Å². The van der Waals surface area contributed by atoms with Crippen molar-refractivity contribution >= 4 is 5.69 Å². The summed E-state index contributed by atoms with van der Waals surface area (Å²) in [5, 5.41) is 3.70. The van der Waals surface area contributed by atoms with Gasteiger partial charge in [-0.2, -0.15) is 0 Å². The van der Waals surface area contributed by atoms with Crippen LogP contribution < -0.4 is 5.32 Å². The van der Waals surface area contributed by atoms with Crippen molar-refractivity contribution in [2.45, 2.75) is 53.0 Å². The molecule has 19 heavy (non-hydrogen) atoms. The molecular weight excluding hydrogens is 237 g/mol. The molecule has 2 aliphatic carbocycles. The third kappa shape index (κ3) is 1.87. The number of aryl methyl sites for hydroxylation is 1. The molecule has 1 nitrogen and oxygen atoms in total. The molecule has 0 radical (unpaired) electrons. The highest BCUT2D eigenvalue weighted by Crippen LogP contribution is 2.63. The highest BCUT2D eigenvalue weighted by molar-refractivity contribution is 5.48. The van der Waals surface area contributed by atoms with Gasteiger partial charge in [-0.3, -0.25) is 0 Å². The molecule has 0 saturated heterocycles. The smallest absolute Gasteiger partial charge is 0.126 e. The lowest BCUT2D eigenvalue weighted by Gasteiger charge is -2.43. The molecule has 0 aliphatic heterocycles. The number of hydrogen-bond acceptors (Lipinski definition) is 1. The molecule has 3 rings (SSSR count). The van der Waals surface area contributed by atoms with Gasteiger partial charge in [0.2, 0.25) is 0 Å². The van der Waals surface area contributed by atoms with Crippen molar-refractivity contribution in [3.05, 3.63) is 29.6 Å². The Hall–Kier alpha value is -1.05. The van der Waals surface area contributed by atoms with Crippen LogP contribution in [-0.2, 0) is 0 Å². The first-order valence-corrected chi connectivity index (χ1v) is 7.36. The molecule has 2 bridgehead atoms. The van der Waals surface area contributed by atoms with E-state index in [0.717, 1.165) is 17.2 Å². The average Bonchev–Trinajstić information content (AvgIpc) is 2.80. The molecule has 2 fully saturated rings. The highest BCUT2D eigenvalue weighted by atomic mass is 19.1. The van der Waals surface area contributed by atoms with E-state index in [1.807, 2.05) is 19.1 Å². The summed E-state index contributed by atoms with van der Waals surface area (Å²) < 4.78 is 13.4. The zero-order valence-electron chi connectivity index (χ0n) is 12.4. The van der Waals surface area contributed by atoms with E-state index in [4.69, 9.17) is 0 Å². The molecule has 0 aromatic heterocycles. The monoisotopic (exact) mass is 261 g/mol. The topological polar surface area (TPSA) is 12.0 Å². The van der Waals surface area contributed by atoms with E-state index < -0.39 is 0 Å². The predicted molar refractivity (Wildman–Crippen MR) is 77.8 cm³/mol. The van der Waals surface area contributed by atoms with Gasteiger partial charge < -0.3 is 5.32 Å². The van der Waals surface area contributed by atoms with Gasteiger partial charge in [0.15, 0.2) is 0 Å². The maximum Gasteiger partial charge on any atom is 0.126 e. The fourth-order valence-corrected chi connectivity index (χ4v) is 4.56. The number of nitrogens with one attached hydrogen (secondary N) is 1. The Morgan fingerprint density at radius 2 is 2.00 bits per heavy atom. The number of anilines is 1. The number of hydrogen-bond donors (Lipinski definition) is 1. The SMILES string of the molecule is Cc1cc(NC2C3(C)CCC(C3)C2(C)C)ccc1F. The maximum atomic E-state index is 13.4. The lowest BCUT2D eigenvalue weighted by molar-refractivity contribution is 0.155. The minimum absolute atomic E-state index is 0.121. The number of fused-ring (bicyclic) bond motifs is 2. The zero-order chi connectivity index (χ0) is 13.8. The summed E-state index contributed by atoms with van der Waals surface area (Å²) in [6, 6.07) is 5.86. The van der Waals surface area contributed by atoms with Gasteiger partial charge in [-0.05, 0) is 66.7 Å². The molecule has 3 atom stereocenters. The number of benzene rings is 1. The van der Waals surface area contributed by atoms with Crippen molar-refractivity contribution in [2.24, 2.45) is 16.7 Å². The Morgan fingerprint density at radius 1 is 1.26 bits per heavy atom. The molecule has 2 saturated carbocycles. The van der Waals surface area contributed by atoms with E-state index in [9.17, 15) is 4.39 Å². The van der Waals surface area contributed by atoms with E-state index in [-0.39, 0.29) is 5.82 Å². The van der Waals surface area contributed by atoms with Crippen molar-refractivity contribution < 1.29 is 4.39 Å². The summed E-state index contributed by atoms with van der Waals surface area (Å²) >= 11 is 0. The van der Waals surface area contributed by atoms with Gasteiger partial charge in [0, 0.05) is 11.7 Å². The van der Waals surface area contributed by atoms with Crippen LogP contribution in [0.25, 0.3) is 0 Å². The molecule has 0 spiro atoms. The Morgan fingerprint density at radius 3 is 2.58 bits per heavy atom. The zero-order valence-corrected chi connectivity index (χ0v) is 12.4. The van der Waals surface area contributed by atoms with Crippen LogP contribution in [0.1, 0.15) is 45.6 Å². The van der Waals surface area contributed by atoms with E-state index >= 15 is 0 Å². The summed E-state index contributed by atoms with van der Waals surface area (Å²) in [5.74, 6) is 0.709. The van der Waals surface area contributed by atoms with E-state index in [1.165, 1.54) is 19.3 Å². The molecule has 1 aromatic carbocycles. The van der Waals surface area contributed by atoms with Crippen LogP contribution >= 0.6 is 0 Å². The van der Waals surface area contributed by atoms with Gasteiger partial charge in [0.05, 0.1) is 0 Å².